The quantitative estimate of drug-likeness (QED) is 0.0969. The number of amides is 1. The summed E-state index contributed by atoms with van der Waals surface area (Å²) in [4.78, 5) is 39.1. The number of carbonyl (C=O) groups is 1. The second kappa shape index (κ2) is 11.8. The van der Waals surface area contributed by atoms with Crippen molar-refractivity contribution in [2.24, 2.45) is 4.99 Å². The van der Waals surface area contributed by atoms with Crippen LogP contribution in [0.2, 0.25) is 0 Å². The van der Waals surface area contributed by atoms with Crippen LogP contribution in [0.3, 0.4) is 0 Å². The van der Waals surface area contributed by atoms with Gasteiger partial charge in [0.05, 0.1) is 27.2 Å². The second-order valence-corrected chi connectivity index (χ2v) is 9.78. The SMILES string of the molecule is Cc1ccc(Nc2ccc([N+](=O)[O-])cc2[N+](=O)[O-])cc1N=Cc1c(O)c(C(=O)Nc2ccccc2C)cc2ccccc12. The molecule has 1 amide bonds. The summed E-state index contributed by atoms with van der Waals surface area (Å²) in [5.41, 5.74) is 2.89. The van der Waals surface area contributed by atoms with Crippen LogP contribution in [0.5, 0.6) is 5.75 Å². The summed E-state index contributed by atoms with van der Waals surface area (Å²) < 4.78 is 0. The molecule has 0 spiro atoms. The van der Waals surface area contributed by atoms with E-state index in [4.69, 9.17) is 0 Å². The molecular weight excluding hydrogens is 550 g/mol. The third kappa shape index (κ3) is 6.00. The van der Waals surface area contributed by atoms with Crippen LogP contribution < -0.4 is 10.6 Å². The molecule has 0 bridgehead atoms. The molecule has 43 heavy (non-hydrogen) atoms. The maximum atomic E-state index is 13.3. The Labute approximate surface area is 245 Å². The van der Waals surface area contributed by atoms with Gasteiger partial charge < -0.3 is 15.7 Å². The van der Waals surface area contributed by atoms with E-state index in [0.29, 0.717) is 28.0 Å². The Balaban J connectivity index is 1.51. The average molecular weight is 576 g/mol. The first kappa shape index (κ1) is 28.4. The molecule has 3 N–H and O–H groups in total. The molecule has 5 rings (SSSR count). The van der Waals surface area contributed by atoms with Crippen LogP contribution in [0.25, 0.3) is 10.8 Å². The van der Waals surface area contributed by atoms with E-state index >= 15 is 0 Å². The number of non-ortho nitro benzene ring substituents is 1. The predicted octanol–water partition coefficient (Wildman–Crippen LogP) is 7.73. The van der Waals surface area contributed by atoms with Crippen LogP contribution in [0.1, 0.15) is 27.0 Å². The molecule has 0 aromatic heterocycles. The number of para-hydroxylation sites is 1. The van der Waals surface area contributed by atoms with E-state index in [0.717, 1.165) is 22.6 Å². The number of nitrogens with one attached hydrogen (secondary N) is 2. The number of fused-ring (bicyclic) bond motifs is 1. The molecule has 0 radical (unpaired) electrons. The Morgan fingerprint density at radius 3 is 2.33 bits per heavy atom. The molecule has 0 heterocycles. The highest BCUT2D eigenvalue weighted by Crippen LogP contribution is 2.35. The standard InChI is InChI=1S/C32H25N5O6/c1-19-7-3-6-10-27(19)35-32(39)25-15-21-8-4-5-9-24(21)26(31(25)38)18-33-29-16-22(12-11-20(29)2)34-28-14-13-23(36(40)41)17-30(28)37(42)43/h3-18,34,38H,1-2H3,(H,35,39). The first-order chi connectivity index (χ1) is 20.6. The molecule has 0 fully saturated rings. The normalized spacial score (nSPS) is 11.0. The second-order valence-electron chi connectivity index (χ2n) is 9.78. The minimum Gasteiger partial charge on any atom is -0.506 e. The van der Waals surface area contributed by atoms with Gasteiger partial charge in [0.15, 0.2) is 0 Å². The molecule has 11 nitrogen and oxygen atoms in total. The van der Waals surface area contributed by atoms with Gasteiger partial charge in [0.1, 0.15) is 11.4 Å². The van der Waals surface area contributed by atoms with Crippen molar-refractivity contribution in [1.29, 1.82) is 0 Å². The van der Waals surface area contributed by atoms with Crippen LogP contribution >= 0.6 is 0 Å². The van der Waals surface area contributed by atoms with E-state index in [2.05, 4.69) is 15.6 Å². The molecule has 0 atom stereocenters. The van der Waals surface area contributed by atoms with Crippen LogP contribution in [-0.2, 0) is 0 Å². The number of rotatable bonds is 8. The number of nitro benzene ring substituents is 2. The zero-order valence-corrected chi connectivity index (χ0v) is 23.1. The van der Waals surface area contributed by atoms with E-state index in [-0.39, 0.29) is 17.0 Å². The Morgan fingerprint density at radius 2 is 1.58 bits per heavy atom. The van der Waals surface area contributed by atoms with Gasteiger partial charge in [-0.15, -0.1) is 0 Å². The van der Waals surface area contributed by atoms with E-state index in [1.54, 1.807) is 30.3 Å². The van der Waals surface area contributed by atoms with E-state index in [1.165, 1.54) is 18.3 Å². The topological polar surface area (TPSA) is 160 Å². The highest BCUT2D eigenvalue weighted by atomic mass is 16.6. The molecular formula is C32H25N5O6. The maximum Gasteiger partial charge on any atom is 0.299 e. The number of hydrogen-bond acceptors (Lipinski definition) is 8. The lowest BCUT2D eigenvalue weighted by Gasteiger charge is -2.13. The zero-order chi connectivity index (χ0) is 30.7. The average Bonchev–Trinajstić information content (AvgIpc) is 2.99. The van der Waals surface area contributed by atoms with Gasteiger partial charge in [-0.3, -0.25) is 30.0 Å². The van der Waals surface area contributed by atoms with Crippen molar-refractivity contribution in [3.8, 4) is 5.75 Å². The number of hydrogen-bond donors (Lipinski definition) is 3. The van der Waals surface area contributed by atoms with Gasteiger partial charge in [0.2, 0.25) is 0 Å². The number of nitro groups is 2. The Morgan fingerprint density at radius 1 is 0.837 bits per heavy atom. The first-order valence-electron chi connectivity index (χ1n) is 13.1. The van der Waals surface area contributed by atoms with E-state index in [9.17, 15) is 30.1 Å². The van der Waals surface area contributed by atoms with Gasteiger partial charge in [-0.25, -0.2) is 0 Å². The minimum atomic E-state index is -0.698. The monoisotopic (exact) mass is 575 g/mol. The summed E-state index contributed by atoms with van der Waals surface area (Å²) in [5.74, 6) is -0.707. The number of anilines is 3. The van der Waals surface area contributed by atoms with Crippen LogP contribution in [0.15, 0.2) is 96.0 Å². The largest absolute Gasteiger partial charge is 0.506 e. The van der Waals surface area contributed by atoms with Gasteiger partial charge in [-0.05, 0) is 66.1 Å². The van der Waals surface area contributed by atoms with Crippen molar-refractivity contribution in [2.45, 2.75) is 13.8 Å². The van der Waals surface area contributed by atoms with Crippen molar-refractivity contribution >= 4 is 57.0 Å². The van der Waals surface area contributed by atoms with Crippen LogP contribution in [0, 0.1) is 34.1 Å². The summed E-state index contributed by atoms with van der Waals surface area (Å²) in [7, 11) is 0. The van der Waals surface area contributed by atoms with Crippen LogP contribution in [-0.4, -0.2) is 27.1 Å². The van der Waals surface area contributed by atoms with Gasteiger partial charge in [-0.2, -0.15) is 0 Å². The van der Waals surface area contributed by atoms with Gasteiger partial charge in [0, 0.05) is 29.2 Å². The third-order valence-electron chi connectivity index (χ3n) is 6.91. The molecule has 5 aromatic carbocycles. The smallest absolute Gasteiger partial charge is 0.299 e. The maximum absolute atomic E-state index is 13.3. The number of aryl methyl sites for hydroxylation is 2. The first-order valence-corrected chi connectivity index (χ1v) is 13.1. The lowest BCUT2D eigenvalue weighted by atomic mass is 9.99. The Kier molecular flexibility index (Phi) is 7.79. The lowest BCUT2D eigenvalue weighted by Crippen LogP contribution is -2.13. The number of carbonyl (C=O) groups excluding carboxylic acids is 1. The van der Waals surface area contributed by atoms with Crippen molar-refractivity contribution in [3.05, 3.63) is 133 Å². The van der Waals surface area contributed by atoms with Gasteiger partial charge in [0.25, 0.3) is 17.3 Å². The van der Waals surface area contributed by atoms with Crippen molar-refractivity contribution in [1.82, 2.24) is 0 Å². The number of nitrogens with zero attached hydrogens (tertiary/aromatic N) is 3. The molecule has 0 saturated carbocycles. The fourth-order valence-electron chi connectivity index (χ4n) is 4.58. The van der Waals surface area contributed by atoms with Crippen molar-refractivity contribution in [2.75, 3.05) is 10.6 Å². The molecule has 0 aliphatic carbocycles. The highest BCUT2D eigenvalue weighted by molar-refractivity contribution is 6.13. The predicted molar refractivity (Wildman–Crippen MR) is 166 cm³/mol. The molecule has 5 aromatic rings. The minimum absolute atomic E-state index is 0.0744. The van der Waals surface area contributed by atoms with E-state index < -0.39 is 27.1 Å². The lowest BCUT2D eigenvalue weighted by molar-refractivity contribution is -0.393. The number of phenolic OH excluding ortho intramolecular Hbond substituents is 1. The number of aromatic hydroxyl groups is 1. The fraction of sp³-hybridized carbons (Fsp3) is 0.0625. The molecule has 0 unspecified atom stereocenters. The zero-order valence-electron chi connectivity index (χ0n) is 23.1. The summed E-state index contributed by atoms with van der Waals surface area (Å²) >= 11 is 0. The number of aliphatic imine (C=N–C) groups is 1. The molecule has 11 heteroatoms. The van der Waals surface area contributed by atoms with Crippen LogP contribution in [0.4, 0.5) is 34.1 Å². The summed E-state index contributed by atoms with van der Waals surface area (Å²) in [6, 6.07) is 24.7. The van der Waals surface area contributed by atoms with Crippen molar-refractivity contribution in [3.63, 3.8) is 0 Å². The summed E-state index contributed by atoms with van der Waals surface area (Å²) in [5, 5.41) is 41.1. The molecule has 0 aliphatic rings. The molecule has 214 valence electrons. The van der Waals surface area contributed by atoms with Gasteiger partial charge in [-0.1, -0.05) is 48.5 Å². The highest BCUT2D eigenvalue weighted by Gasteiger charge is 2.20. The molecule has 0 aliphatic heterocycles. The third-order valence-corrected chi connectivity index (χ3v) is 6.91. The Hall–Kier alpha value is -6.10. The Bertz CT molecular complexity index is 1950. The van der Waals surface area contributed by atoms with Crippen molar-refractivity contribution < 1.29 is 19.7 Å². The number of phenols is 1. The summed E-state index contributed by atoms with van der Waals surface area (Å²) in [6.07, 6.45) is 1.47. The number of benzene rings is 5. The van der Waals surface area contributed by atoms with E-state index in [1.807, 2.05) is 56.3 Å². The molecule has 0 saturated heterocycles. The van der Waals surface area contributed by atoms with Gasteiger partial charge >= 0.3 is 0 Å². The summed E-state index contributed by atoms with van der Waals surface area (Å²) in [6.45, 7) is 3.70. The fourth-order valence-corrected chi connectivity index (χ4v) is 4.58.